The molecule has 8 heteroatoms. The highest BCUT2D eigenvalue weighted by molar-refractivity contribution is 5.94. The van der Waals surface area contributed by atoms with E-state index in [4.69, 9.17) is 15.2 Å². The minimum Gasteiger partial charge on any atom is -0.493 e. The largest absolute Gasteiger partial charge is 0.493 e. The monoisotopic (exact) mass is 358 g/mol. The average molecular weight is 358 g/mol. The first-order valence-corrected chi connectivity index (χ1v) is 8.37. The standard InChI is InChI=1S/C18H22N4O4/c1-10(2)22-18-13(8-20-22)12(7-17(24)21-18)11-4-5-14(25-3)15(6-11)26-9-16(19)23/h4-6,8,10,12H,7,9H2,1-3H3,(H2,19,23)(H,21,24). The molecule has 1 aliphatic rings. The molecule has 3 rings (SSSR count). The van der Waals surface area contributed by atoms with E-state index >= 15 is 0 Å². The number of nitrogens with two attached hydrogens (primary N) is 1. The summed E-state index contributed by atoms with van der Waals surface area (Å²) in [6, 6.07) is 5.55. The first kappa shape index (κ1) is 17.8. The Kier molecular flexibility index (Phi) is 4.83. The minimum atomic E-state index is -0.574. The van der Waals surface area contributed by atoms with Crippen LogP contribution in [0.4, 0.5) is 5.82 Å². The highest BCUT2D eigenvalue weighted by Gasteiger charge is 2.31. The van der Waals surface area contributed by atoms with Crippen molar-refractivity contribution in [2.24, 2.45) is 5.73 Å². The SMILES string of the molecule is COc1ccc(C2CC(=O)Nc3c2cnn3C(C)C)cc1OCC(N)=O. The van der Waals surface area contributed by atoms with Gasteiger partial charge in [0, 0.05) is 23.9 Å². The molecule has 1 unspecified atom stereocenters. The lowest BCUT2D eigenvalue weighted by Gasteiger charge is -2.25. The van der Waals surface area contributed by atoms with Crippen molar-refractivity contribution in [3.8, 4) is 11.5 Å². The fraction of sp³-hybridized carbons (Fsp3) is 0.389. The molecular formula is C18H22N4O4. The van der Waals surface area contributed by atoms with Crippen LogP contribution < -0.4 is 20.5 Å². The second-order valence-corrected chi connectivity index (χ2v) is 6.46. The van der Waals surface area contributed by atoms with E-state index in [-0.39, 0.29) is 24.5 Å². The van der Waals surface area contributed by atoms with E-state index < -0.39 is 5.91 Å². The number of ether oxygens (including phenoxy) is 2. The van der Waals surface area contributed by atoms with Gasteiger partial charge in [-0.25, -0.2) is 4.68 Å². The van der Waals surface area contributed by atoms with E-state index in [2.05, 4.69) is 10.4 Å². The van der Waals surface area contributed by atoms with Crippen LogP contribution in [0.25, 0.3) is 0 Å². The molecule has 1 aromatic carbocycles. The number of methoxy groups -OCH3 is 1. The Labute approximate surface area is 151 Å². The van der Waals surface area contributed by atoms with Crippen LogP contribution in [0.2, 0.25) is 0 Å². The number of anilines is 1. The van der Waals surface area contributed by atoms with E-state index in [1.54, 1.807) is 23.0 Å². The van der Waals surface area contributed by atoms with Gasteiger partial charge >= 0.3 is 0 Å². The number of nitrogens with one attached hydrogen (secondary N) is 1. The molecule has 2 amide bonds. The van der Waals surface area contributed by atoms with Gasteiger partial charge in [-0.2, -0.15) is 5.10 Å². The van der Waals surface area contributed by atoms with Gasteiger partial charge in [-0.15, -0.1) is 0 Å². The van der Waals surface area contributed by atoms with Crippen molar-refractivity contribution in [1.29, 1.82) is 0 Å². The maximum atomic E-state index is 12.2. The molecule has 0 bridgehead atoms. The molecule has 1 atom stereocenters. The molecule has 8 nitrogen and oxygen atoms in total. The van der Waals surface area contributed by atoms with Gasteiger partial charge in [0.05, 0.1) is 13.3 Å². The lowest BCUT2D eigenvalue weighted by atomic mass is 9.87. The average Bonchev–Trinajstić information content (AvgIpc) is 3.02. The Balaban J connectivity index is 2.00. The topological polar surface area (TPSA) is 108 Å². The van der Waals surface area contributed by atoms with Crippen LogP contribution in [0.1, 0.15) is 43.4 Å². The predicted molar refractivity (Wildman–Crippen MR) is 95.4 cm³/mol. The summed E-state index contributed by atoms with van der Waals surface area (Å²) in [7, 11) is 1.52. The van der Waals surface area contributed by atoms with Gasteiger partial charge in [0.25, 0.3) is 5.91 Å². The van der Waals surface area contributed by atoms with Crippen molar-refractivity contribution in [1.82, 2.24) is 9.78 Å². The van der Waals surface area contributed by atoms with Gasteiger partial charge in [0.15, 0.2) is 18.1 Å². The number of hydrogen-bond donors (Lipinski definition) is 2. The third-order valence-electron chi connectivity index (χ3n) is 4.30. The number of carbonyl (C=O) groups excluding carboxylic acids is 2. The summed E-state index contributed by atoms with van der Waals surface area (Å²) in [5, 5.41) is 7.32. The number of primary amides is 1. The van der Waals surface area contributed by atoms with E-state index in [9.17, 15) is 9.59 Å². The van der Waals surface area contributed by atoms with Crippen molar-refractivity contribution in [2.75, 3.05) is 19.0 Å². The fourth-order valence-electron chi connectivity index (χ4n) is 3.10. The Morgan fingerprint density at radius 3 is 2.85 bits per heavy atom. The number of carbonyl (C=O) groups is 2. The zero-order valence-electron chi connectivity index (χ0n) is 15.0. The van der Waals surface area contributed by atoms with Crippen LogP contribution in [0, 0.1) is 0 Å². The molecule has 0 aliphatic carbocycles. The van der Waals surface area contributed by atoms with Crippen molar-refractivity contribution in [2.45, 2.75) is 32.2 Å². The smallest absolute Gasteiger partial charge is 0.255 e. The van der Waals surface area contributed by atoms with Gasteiger partial charge in [-0.1, -0.05) is 6.07 Å². The summed E-state index contributed by atoms with van der Waals surface area (Å²) in [5.41, 5.74) is 6.98. The number of hydrogen-bond acceptors (Lipinski definition) is 5. The number of nitrogens with zero attached hydrogens (tertiary/aromatic N) is 2. The summed E-state index contributed by atoms with van der Waals surface area (Å²) < 4.78 is 12.5. The molecule has 1 aliphatic heterocycles. The van der Waals surface area contributed by atoms with Gasteiger partial charge in [-0.3, -0.25) is 9.59 Å². The number of benzene rings is 1. The van der Waals surface area contributed by atoms with Gasteiger partial charge < -0.3 is 20.5 Å². The Morgan fingerprint density at radius 1 is 1.42 bits per heavy atom. The molecule has 0 radical (unpaired) electrons. The Morgan fingerprint density at radius 2 is 2.19 bits per heavy atom. The molecule has 2 heterocycles. The quantitative estimate of drug-likeness (QED) is 0.819. The molecule has 1 aromatic heterocycles. The molecule has 0 fully saturated rings. The van der Waals surface area contributed by atoms with Gasteiger partial charge in [0.1, 0.15) is 5.82 Å². The summed E-state index contributed by atoms with van der Waals surface area (Å²) in [6.07, 6.45) is 2.09. The zero-order chi connectivity index (χ0) is 18.8. The molecule has 2 aromatic rings. The summed E-state index contributed by atoms with van der Waals surface area (Å²) >= 11 is 0. The van der Waals surface area contributed by atoms with E-state index in [0.717, 1.165) is 16.9 Å². The summed E-state index contributed by atoms with van der Waals surface area (Å²) in [5.74, 6) is 0.820. The third kappa shape index (κ3) is 3.35. The van der Waals surface area contributed by atoms with Gasteiger partial charge in [-0.05, 0) is 31.5 Å². The van der Waals surface area contributed by atoms with Crippen molar-refractivity contribution in [3.63, 3.8) is 0 Å². The lowest BCUT2D eigenvalue weighted by molar-refractivity contribution is -0.120. The number of rotatable bonds is 6. The highest BCUT2D eigenvalue weighted by atomic mass is 16.5. The molecule has 0 spiro atoms. The predicted octanol–water partition coefficient (Wildman–Crippen LogP) is 1.81. The molecule has 0 saturated carbocycles. The zero-order valence-corrected chi connectivity index (χ0v) is 15.0. The van der Waals surface area contributed by atoms with Crippen molar-refractivity contribution < 1.29 is 19.1 Å². The highest BCUT2D eigenvalue weighted by Crippen LogP contribution is 2.40. The molecular weight excluding hydrogens is 336 g/mol. The minimum absolute atomic E-state index is 0.0691. The maximum absolute atomic E-state index is 12.2. The van der Waals surface area contributed by atoms with Crippen LogP contribution in [0.3, 0.4) is 0 Å². The summed E-state index contributed by atoms with van der Waals surface area (Å²) in [4.78, 5) is 23.3. The second kappa shape index (κ2) is 7.07. The first-order chi connectivity index (χ1) is 12.4. The van der Waals surface area contributed by atoms with Crippen LogP contribution in [0.5, 0.6) is 11.5 Å². The summed E-state index contributed by atoms with van der Waals surface area (Å²) in [6.45, 7) is 3.76. The fourth-order valence-corrected chi connectivity index (χ4v) is 3.10. The van der Waals surface area contributed by atoms with E-state index in [0.29, 0.717) is 17.9 Å². The normalized spacial score (nSPS) is 16.2. The number of aromatic nitrogens is 2. The van der Waals surface area contributed by atoms with Crippen LogP contribution in [-0.2, 0) is 9.59 Å². The second-order valence-electron chi connectivity index (χ2n) is 6.46. The number of amides is 2. The van der Waals surface area contributed by atoms with Crippen molar-refractivity contribution >= 4 is 17.6 Å². The molecule has 138 valence electrons. The van der Waals surface area contributed by atoms with Crippen LogP contribution in [0.15, 0.2) is 24.4 Å². The number of fused-ring (bicyclic) bond motifs is 1. The maximum Gasteiger partial charge on any atom is 0.255 e. The van der Waals surface area contributed by atoms with Crippen LogP contribution in [-0.4, -0.2) is 35.3 Å². The molecule has 3 N–H and O–H groups in total. The molecule has 26 heavy (non-hydrogen) atoms. The van der Waals surface area contributed by atoms with Crippen molar-refractivity contribution in [3.05, 3.63) is 35.5 Å². The first-order valence-electron chi connectivity index (χ1n) is 8.37. The third-order valence-corrected chi connectivity index (χ3v) is 4.30. The Bertz CT molecular complexity index is 844. The Hall–Kier alpha value is -3.03. The molecule has 0 saturated heterocycles. The van der Waals surface area contributed by atoms with Crippen LogP contribution >= 0.6 is 0 Å². The lowest BCUT2D eigenvalue weighted by Crippen LogP contribution is -2.25. The van der Waals surface area contributed by atoms with Gasteiger partial charge in [0.2, 0.25) is 5.91 Å². The van der Waals surface area contributed by atoms with E-state index in [1.165, 1.54) is 7.11 Å². The van der Waals surface area contributed by atoms with E-state index in [1.807, 2.05) is 19.9 Å².